The van der Waals surface area contributed by atoms with Crippen LogP contribution in [-0.2, 0) is 11.2 Å². The average molecular weight is 314 g/mol. The molecule has 0 radical (unpaired) electrons. The first-order chi connectivity index (χ1) is 11.0. The van der Waals surface area contributed by atoms with Gasteiger partial charge in [0.1, 0.15) is 0 Å². The van der Waals surface area contributed by atoms with E-state index in [-0.39, 0.29) is 5.91 Å². The van der Waals surface area contributed by atoms with Gasteiger partial charge in [0, 0.05) is 0 Å². The number of hydrogen-bond acceptors (Lipinski definition) is 4. The summed E-state index contributed by atoms with van der Waals surface area (Å²) >= 11 is 0. The molecule has 0 aliphatic carbocycles. The molecule has 0 aliphatic rings. The predicted molar refractivity (Wildman–Crippen MR) is 92.7 cm³/mol. The third-order valence-corrected chi connectivity index (χ3v) is 3.94. The summed E-state index contributed by atoms with van der Waals surface area (Å²) in [5.41, 5.74) is 7.01. The Labute approximate surface area is 136 Å². The molecule has 0 heterocycles. The zero-order chi connectivity index (χ0) is 16.8. The van der Waals surface area contributed by atoms with Crippen LogP contribution in [0.5, 0.6) is 0 Å². The van der Waals surface area contributed by atoms with E-state index < -0.39 is 19.1 Å². The lowest BCUT2D eigenvalue weighted by Crippen LogP contribution is -2.52. The van der Waals surface area contributed by atoms with Gasteiger partial charge in [-0.1, -0.05) is 55.8 Å². The Balaban J connectivity index is 2.08. The van der Waals surface area contributed by atoms with Gasteiger partial charge >= 0.3 is 7.12 Å². The monoisotopic (exact) mass is 314 g/mol. The highest BCUT2D eigenvalue weighted by molar-refractivity contribution is 6.43. The summed E-state index contributed by atoms with van der Waals surface area (Å²) in [6, 6.07) is 13.1. The first-order valence-electron chi connectivity index (χ1n) is 7.91. The largest absolute Gasteiger partial charge is 0.475 e. The molecule has 2 aromatic rings. The van der Waals surface area contributed by atoms with E-state index in [9.17, 15) is 14.8 Å². The molecule has 0 saturated carbocycles. The number of rotatable bonds is 7. The molecule has 0 fully saturated rings. The van der Waals surface area contributed by atoms with Crippen LogP contribution in [0.3, 0.4) is 0 Å². The molecule has 0 aromatic heterocycles. The maximum Gasteiger partial charge on any atom is 0.475 e. The molecule has 0 bridgehead atoms. The Kier molecular flexibility index (Phi) is 6.16. The van der Waals surface area contributed by atoms with Crippen molar-refractivity contribution in [1.82, 2.24) is 5.32 Å². The minimum Gasteiger partial charge on any atom is -0.426 e. The molecule has 5 N–H and O–H groups in total. The maximum atomic E-state index is 12.2. The SMILES string of the molecule is CCC[C@H](NC(=O)[C@@H](N)Cc1cccc2ccccc12)B(O)O. The summed E-state index contributed by atoms with van der Waals surface area (Å²) in [4.78, 5) is 12.2. The molecule has 122 valence electrons. The summed E-state index contributed by atoms with van der Waals surface area (Å²) in [6.07, 6.45) is 1.62. The standard InChI is InChI=1S/C17H23BN2O3/c1-2-6-16(18(22)23)20-17(21)15(19)11-13-9-5-8-12-7-3-4-10-14(12)13/h3-5,7-10,15-16,22-23H,2,6,11,19H2,1H3,(H,20,21)/t15-,16-/m0/s1. The van der Waals surface area contributed by atoms with Gasteiger partial charge in [-0.25, -0.2) is 0 Å². The molecule has 2 atom stereocenters. The summed E-state index contributed by atoms with van der Waals surface area (Å²) < 4.78 is 0. The fourth-order valence-electron chi connectivity index (χ4n) is 2.70. The number of carbonyl (C=O) groups excluding carboxylic acids is 1. The van der Waals surface area contributed by atoms with Gasteiger partial charge < -0.3 is 21.1 Å². The summed E-state index contributed by atoms with van der Waals surface area (Å²) in [7, 11) is -1.58. The number of nitrogens with two attached hydrogens (primary N) is 1. The van der Waals surface area contributed by atoms with Gasteiger partial charge in [0.25, 0.3) is 0 Å². The van der Waals surface area contributed by atoms with Crippen molar-refractivity contribution in [3.8, 4) is 0 Å². The lowest BCUT2D eigenvalue weighted by Gasteiger charge is -2.20. The van der Waals surface area contributed by atoms with Crippen molar-refractivity contribution in [3.63, 3.8) is 0 Å². The third kappa shape index (κ3) is 4.54. The second-order valence-corrected chi connectivity index (χ2v) is 5.77. The summed E-state index contributed by atoms with van der Waals surface area (Å²) in [6.45, 7) is 1.91. The van der Waals surface area contributed by atoms with E-state index in [4.69, 9.17) is 5.73 Å². The normalized spacial score (nSPS) is 13.6. The zero-order valence-corrected chi connectivity index (χ0v) is 13.3. The van der Waals surface area contributed by atoms with Gasteiger partial charge in [0.15, 0.2) is 0 Å². The minimum absolute atomic E-state index is 0.371. The lowest BCUT2D eigenvalue weighted by atomic mass is 9.76. The van der Waals surface area contributed by atoms with Crippen molar-refractivity contribution in [2.24, 2.45) is 5.73 Å². The van der Waals surface area contributed by atoms with Gasteiger partial charge in [0.05, 0.1) is 12.0 Å². The molecule has 0 saturated heterocycles. The van der Waals surface area contributed by atoms with Crippen molar-refractivity contribution in [3.05, 3.63) is 48.0 Å². The molecule has 1 amide bonds. The number of fused-ring (bicyclic) bond motifs is 1. The first kappa shape index (κ1) is 17.5. The van der Waals surface area contributed by atoms with Crippen LogP contribution in [0.1, 0.15) is 25.3 Å². The molecule has 6 heteroatoms. The molecule has 0 unspecified atom stereocenters. The van der Waals surface area contributed by atoms with E-state index in [0.29, 0.717) is 12.8 Å². The Bertz CT molecular complexity index is 658. The van der Waals surface area contributed by atoms with Crippen LogP contribution in [0.4, 0.5) is 0 Å². The molecular weight excluding hydrogens is 291 g/mol. The zero-order valence-electron chi connectivity index (χ0n) is 13.3. The van der Waals surface area contributed by atoms with Gasteiger partial charge in [-0.15, -0.1) is 0 Å². The Morgan fingerprint density at radius 2 is 1.91 bits per heavy atom. The van der Waals surface area contributed by atoms with Gasteiger partial charge in [-0.3, -0.25) is 4.79 Å². The van der Waals surface area contributed by atoms with Crippen molar-refractivity contribution in [1.29, 1.82) is 0 Å². The number of nitrogens with one attached hydrogen (secondary N) is 1. The van der Waals surface area contributed by atoms with Crippen LogP contribution >= 0.6 is 0 Å². The predicted octanol–water partition coefficient (Wildman–Crippen LogP) is 1.01. The topological polar surface area (TPSA) is 95.6 Å². The maximum absolute atomic E-state index is 12.2. The number of benzene rings is 2. The average Bonchev–Trinajstić information content (AvgIpc) is 2.54. The summed E-state index contributed by atoms with van der Waals surface area (Å²) in [5, 5.41) is 23.4. The van der Waals surface area contributed by atoms with E-state index in [0.717, 1.165) is 22.8 Å². The Morgan fingerprint density at radius 1 is 1.22 bits per heavy atom. The first-order valence-corrected chi connectivity index (χ1v) is 7.91. The molecule has 0 spiro atoms. The van der Waals surface area contributed by atoms with Crippen molar-refractivity contribution < 1.29 is 14.8 Å². The van der Waals surface area contributed by atoms with Crippen LogP contribution in [0.25, 0.3) is 10.8 Å². The molecule has 2 rings (SSSR count). The van der Waals surface area contributed by atoms with E-state index in [1.165, 1.54) is 0 Å². The lowest BCUT2D eigenvalue weighted by molar-refractivity contribution is -0.122. The number of hydrogen-bond donors (Lipinski definition) is 4. The second-order valence-electron chi connectivity index (χ2n) is 5.77. The van der Waals surface area contributed by atoms with Crippen molar-refractivity contribution in [2.75, 3.05) is 0 Å². The molecule has 0 aliphatic heterocycles. The van der Waals surface area contributed by atoms with Crippen LogP contribution in [0.15, 0.2) is 42.5 Å². The third-order valence-electron chi connectivity index (χ3n) is 3.94. The van der Waals surface area contributed by atoms with Crippen LogP contribution in [0.2, 0.25) is 0 Å². The van der Waals surface area contributed by atoms with Crippen molar-refractivity contribution in [2.45, 2.75) is 38.2 Å². The highest BCUT2D eigenvalue weighted by Gasteiger charge is 2.26. The summed E-state index contributed by atoms with van der Waals surface area (Å²) in [5.74, 6) is -1.06. The van der Waals surface area contributed by atoms with Gasteiger partial charge in [0.2, 0.25) is 5.91 Å². The number of carbonyl (C=O) groups is 1. The smallest absolute Gasteiger partial charge is 0.426 e. The molecule has 23 heavy (non-hydrogen) atoms. The van der Waals surface area contributed by atoms with Gasteiger partial charge in [-0.05, 0) is 29.2 Å². The Hall–Kier alpha value is -1.89. The van der Waals surface area contributed by atoms with Crippen LogP contribution < -0.4 is 11.1 Å². The van der Waals surface area contributed by atoms with E-state index in [1.54, 1.807) is 0 Å². The molecule has 5 nitrogen and oxygen atoms in total. The highest BCUT2D eigenvalue weighted by atomic mass is 16.4. The number of amides is 1. The van der Waals surface area contributed by atoms with Crippen LogP contribution in [0, 0.1) is 0 Å². The van der Waals surface area contributed by atoms with E-state index in [2.05, 4.69) is 5.32 Å². The Morgan fingerprint density at radius 3 is 2.61 bits per heavy atom. The quantitative estimate of drug-likeness (QED) is 0.574. The van der Waals surface area contributed by atoms with E-state index >= 15 is 0 Å². The van der Waals surface area contributed by atoms with Crippen molar-refractivity contribution >= 4 is 23.8 Å². The van der Waals surface area contributed by atoms with E-state index in [1.807, 2.05) is 49.4 Å². The fraction of sp³-hybridized carbons (Fsp3) is 0.353. The fourth-order valence-corrected chi connectivity index (χ4v) is 2.70. The van der Waals surface area contributed by atoms with Gasteiger partial charge in [-0.2, -0.15) is 0 Å². The second kappa shape index (κ2) is 8.10. The molecular formula is C17H23BN2O3. The molecule has 2 aromatic carbocycles. The minimum atomic E-state index is -1.58. The van der Waals surface area contributed by atoms with Crippen LogP contribution in [-0.4, -0.2) is 35.1 Å². The highest BCUT2D eigenvalue weighted by Crippen LogP contribution is 2.19.